The minimum Gasteiger partial charge on any atom is -0.616 e. The molecule has 136 valence electrons. The largest absolute Gasteiger partial charge is 0.616 e. The fourth-order valence-electron chi connectivity index (χ4n) is 2.77. The number of oxime groups is 1. The van der Waals surface area contributed by atoms with E-state index < -0.39 is 17.1 Å². The quantitative estimate of drug-likeness (QED) is 0.193. The molecule has 0 saturated heterocycles. The number of Topliss-reactive ketones (excluding diaryl/α,β-unsaturated/α-hetero) is 2. The lowest BCUT2D eigenvalue weighted by molar-refractivity contribution is -0.134. The molecule has 1 atom stereocenters. The van der Waals surface area contributed by atoms with Crippen LogP contribution in [0.1, 0.15) is 46.0 Å². The first-order valence-corrected chi connectivity index (χ1v) is 10.3. The van der Waals surface area contributed by atoms with Gasteiger partial charge in [0, 0.05) is 18.4 Å². The molecular formula is C17H26ClNO4S. The Kier molecular flexibility index (Phi) is 10.3. The SMILES string of the molecule is CCCC(=NOCC=CCl)[C@H]1C(=O)C[C@H](CC[S+]([O-])CC)CC1=O. The Morgan fingerprint density at radius 1 is 1.38 bits per heavy atom. The van der Waals surface area contributed by atoms with Crippen molar-refractivity contribution in [3.05, 3.63) is 11.6 Å². The van der Waals surface area contributed by atoms with Crippen LogP contribution in [0.25, 0.3) is 0 Å². The first kappa shape index (κ1) is 21.2. The van der Waals surface area contributed by atoms with Gasteiger partial charge in [0.1, 0.15) is 35.6 Å². The van der Waals surface area contributed by atoms with Crippen molar-refractivity contribution in [3.63, 3.8) is 0 Å². The lowest BCUT2D eigenvalue weighted by atomic mass is 9.76. The average molecular weight is 376 g/mol. The van der Waals surface area contributed by atoms with Crippen molar-refractivity contribution in [2.45, 2.75) is 46.0 Å². The molecule has 0 N–H and O–H groups in total. The van der Waals surface area contributed by atoms with E-state index in [0.29, 0.717) is 42.9 Å². The van der Waals surface area contributed by atoms with Crippen LogP contribution in [0, 0.1) is 11.8 Å². The molecule has 0 aromatic rings. The van der Waals surface area contributed by atoms with E-state index in [0.717, 1.165) is 6.42 Å². The molecule has 1 aliphatic carbocycles. The lowest BCUT2D eigenvalue weighted by Crippen LogP contribution is -2.39. The Morgan fingerprint density at radius 2 is 2.04 bits per heavy atom. The predicted octanol–water partition coefficient (Wildman–Crippen LogP) is 3.23. The highest BCUT2D eigenvalue weighted by Gasteiger charge is 2.38. The van der Waals surface area contributed by atoms with Crippen LogP contribution < -0.4 is 0 Å². The van der Waals surface area contributed by atoms with Gasteiger partial charge in [-0.3, -0.25) is 9.59 Å². The van der Waals surface area contributed by atoms with Crippen LogP contribution in [0.15, 0.2) is 16.8 Å². The number of halogens is 1. The molecule has 1 fully saturated rings. The molecule has 0 aliphatic heterocycles. The molecule has 0 spiro atoms. The van der Waals surface area contributed by atoms with E-state index in [9.17, 15) is 14.1 Å². The molecule has 0 radical (unpaired) electrons. The van der Waals surface area contributed by atoms with Gasteiger partial charge in [-0.2, -0.15) is 0 Å². The van der Waals surface area contributed by atoms with Crippen LogP contribution in [0.2, 0.25) is 0 Å². The second-order valence-corrected chi connectivity index (χ2v) is 7.97. The molecule has 1 saturated carbocycles. The molecule has 24 heavy (non-hydrogen) atoms. The predicted molar refractivity (Wildman–Crippen MR) is 97.7 cm³/mol. The highest BCUT2D eigenvalue weighted by molar-refractivity contribution is 7.91. The maximum absolute atomic E-state index is 12.5. The molecule has 1 unspecified atom stereocenters. The summed E-state index contributed by atoms with van der Waals surface area (Å²) in [5.41, 5.74) is 1.84. The van der Waals surface area contributed by atoms with Crippen molar-refractivity contribution in [1.29, 1.82) is 0 Å². The first-order valence-electron chi connectivity index (χ1n) is 8.37. The Hall–Kier alpha value is -0.850. The molecule has 0 aromatic heterocycles. The van der Waals surface area contributed by atoms with E-state index in [4.69, 9.17) is 16.4 Å². The average Bonchev–Trinajstić information content (AvgIpc) is 2.55. The minimum absolute atomic E-state index is 0.000253. The molecule has 0 amide bonds. The monoisotopic (exact) mass is 375 g/mol. The summed E-state index contributed by atoms with van der Waals surface area (Å²) >= 11 is 4.55. The van der Waals surface area contributed by atoms with Crippen molar-refractivity contribution in [2.75, 3.05) is 18.1 Å². The van der Waals surface area contributed by atoms with Crippen LogP contribution in [0.3, 0.4) is 0 Å². The number of hydrogen-bond acceptors (Lipinski definition) is 5. The highest BCUT2D eigenvalue weighted by Crippen LogP contribution is 2.28. The van der Waals surface area contributed by atoms with Crippen molar-refractivity contribution in [1.82, 2.24) is 0 Å². The van der Waals surface area contributed by atoms with Crippen molar-refractivity contribution in [3.8, 4) is 0 Å². The van der Waals surface area contributed by atoms with Crippen molar-refractivity contribution >= 4 is 40.1 Å². The van der Waals surface area contributed by atoms with Gasteiger partial charge in [-0.1, -0.05) is 41.3 Å². The number of ketones is 2. The summed E-state index contributed by atoms with van der Waals surface area (Å²) in [5, 5.41) is 4.00. The van der Waals surface area contributed by atoms with Gasteiger partial charge in [0.2, 0.25) is 0 Å². The summed E-state index contributed by atoms with van der Waals surface area (Å²) in [4.78, 5) is 30.1. The molecular weight excluding hydrogens is 350 g/mol. The molecule has 1 rings (SSSR count). The first-order chi connectivity index (χ1) is 11.5. The van der Waals surface area contributed by atoms with Gasteiger partial charge in [-0.05, 0) is 31.8 Å². The highest BCUT2D eigenvalue weighted by atomic mass is 35.5. The topological polar surface area (TPSA) is 78.8 Å². The van der Waals surface area contributed by atoms with Gasteiger partial charge >= 0.3 is 0 Å². The second-order valence-electron chi connectivity index (χ2n) is 5.85. The summed E-state index contributed by atoms with van der Waals surface area (Å²) in [7, 11) is 0. The van der Waals surface area contributed by atoms with Crippen molar-refractivity contribution in [2.24, 2.45) is 17.0 Å². The third-order valence-electron chi connectivity index (χ3n) is 3.98. The molecule has 0 aromatic carbocycles. The standard InChI is InChI=1S/C17H26ClNO4S/c1-3-6-14(19-23-9-5-8-18)17-15(20)11-13(12-16(17)21)7-10-24(22)4-2/h5,8,13,17H,3-4,6-7,9-12H2,1-2H3/t13-,17-,24?. The van der Waals surface area contributed by atoms with Crippen LogP contribution in [-0.4, -0.2) is 39.9 Å². The minimum atomic E-state index is -0.862. The van der Waals surface area contributed by atoms with Crippen LogP contribution in [-0.2, 0) is 25.6 Å². The van der Waals surface area contributed by atoms with Gasteiger partial charge in [-0.25, -0.2) is 0 Å². The van der Waals surface area contributed by atoms with Gasteiger partial charge in [0.15, 0.2) is 0 Å². The van der Waals surface area contributed by atoms with Crippen molar-refractivity contribution < 1.29 is 19.0 Å². The van der Waals surface area contributed by atoms with E-state index in [1.165, 1.54) is 5.54 Å². The van der Waals surface area contributed by atoms with Crippen LogP contribution in [0.5, 0.6) is 0 Å². The second kappa shape index (κ2) is 11.7. The number of carbonyl (C=O) groups is 2. The van der Waals surface area contributed by atoms with Gasteiger partial charge in [0.25, 0.3) is 0 Å². The summed E-state index contributed by atoms with van der Waals surface area (Å²) in [6.07, 6.45) is 4.27. The zero-order chi connectivity index (χ0) is 17.9. The number of nitrogens with zero attached hydrogens (tertiary/aromatic N) is 1. The summed E-state index contributed by atoms with van der Waals surface area (Å²) in [6.45, 7) is 4.04. The van der Waals surface area contributed by atoms with E-state index in [1.54, 1.807) is 6.08 Å². The normalized spacial score (nSPS) is 23.8. The molecule has 0 bridgehead atoms. The third-order valence-corrected chi connectivity index (χ3v) is 5.49. The fraction of sp³-hybridized carbons (Fsp3) is 0.706. The van der Waals surface area contributed by atoms with E-state index >= 15 is 0 Å². The zero-order valence-corrected chi connectivity index (χ0v) is 15.9. The number of rotatable bonds is 10. The Morgan fingerprint density at radius 3 is 2.58 bits per heavy atom. The maximum atomic E-state index is 12.5. The van der Waals surface area contributed by atoms with E-state index in [2.05, 4.69) is 5.16 Å². The molecule has 1 aliphatic rings. The Bertz CT molecular complexity index is 463. The Labute approximate surface area is 152 Å². The van der Waals surface area contributed by atoms with Crippen LogP contribution >= 0.6 is 11.6 Å². The Balaban J connectivity index is 2.70. The summed E-state index contributed by atoms with van der Waals surface area (Å²) < 4.78 is 11.5. The fourth-order valence-corrected chi connectivity index (χ4v) is 3.73. The molecule has 7 heteroatoms. The maximum Gasteiger partial charge on any atom is 0.149 e. The molecule has 0 heterocycles. The third kappa shape index (κ3) is 6.95. The van der Waals surface area contributed by atoms with E-state index in [1.807, 2.05) is 13.8 Å². The van der Waals surface area contributed by atoms with Gasteiger partial charge in [0.05, 0.1) is 5.71 Å². The molecule has 5 nitrogen and oxygen atoms in total. The van der Waals surface area contributed by atoms with E-state index in [-0.39, 0.29) is 24.1 Å². The number of carbonyl (C=O) groups excluding carboxylic acids is 2. The summed E-state index contributed by atoms with van der Waals surface area (Å²) in [6, 6.07) is 0. The van der Waals surface area contributed by atoms with Gasteiger partial charge < -0.3 is 9.39 Å². The summed E-state index contributed by atoms with van der Waals surface area (Å²) in [5.74, 6) is 0.191. The smallest absolute Gasteiger partial charge is 0.149 e. The zero-order valence-electron chi connectivity index (χ0n) is 14.3. The van der Waals surface area contributed by atoms with Gasteiger partial charge in [-0.15, -0.1) is 0 Å². The van der Waals surface area contributed by atoms with Crippen LogP contribution in [0.4, 0.5) is 0 Å². The lowest BCUT2D eigenvalue weighted by Gasteiger charge is -2.27. The number of hydrogen-bond donors (Lipinski definition) is 0.